The van der Waals surface area contributed by atoms with Crippen LogP contribution in [0.25, 0.3) is 0 Å². The van der Waals surface area contributed by atoms with Gasteiger partial charge in [0.05, 0.1) is 0 Å². The molecule has 0 fully saturated rings. The summed E-state index contributed by atoms with van der Waals surface area (Å²) in [5.74, 6) is 0. The zero-order valence-electron chi connectivity index (χ0n) is 5.82. The molecule has 1 aliphatic rings. The van der Waals surface area contributed by atoms with Crippen molar-refractivity contribution in [1.82, 2.24) is 0 Å². The topological polar surface area (TPSA) is 0 Å². The van der Waals surface area contributed by atoms with Crippen molar-refractivity contribution in [2.24, 2.45) is 0 Å². The van der Waals surface area contributed by atoms with Gasteiger partial charge in [-0.3, -0.25) is 0 Å². The van der Waals surface area contributed by atoms with Gasteiger partial charge < -0.3 is 0 Å². The molecule has 0 N–H and O–H groups in total. The zero-order valence-corrected chi connectivity index (χ0v) is 12.2. The lowest BCUT2D eigenvalue weighted by Crippen LogP contribution is -2.41. The molecule has 4 heteroatoms. The third-order valence-corrected chi connectivity index (χ3v) is 8.21. The molecule has 2 rings (SSSR count). The van der Waals surface area contributed by atoms with E-state index in [0.29, 0.717) is 0 Å². The van der Waals surface area contributed by atoms with E-state index >= 15 is 0 Å². The average Bonchev–Trinajstić information content (AvgIpc) is 2.04. The number of halogens is 4. The van der Waals surface area contributed by atoms with Gasteiger partial charge in [0.25, 0.3) is 0 Å². The smallest absolute Gasteiger partial charge is 0.0645 e. The van der Waals surface area contributed by atoms with Crippen LogP contribution in [0.15, 0.2) is 24.3 Å². The SMILES string of the molecule is BrC1(Br)c2ccccc2C1(Br)Br. The van der Waals surface area contributed by atoms with E-state index in [-0.39, 0.29) is 6.47 Å². The fraction of sp³-hybridized carbons (Fsp3) is 0.250. The molecule has 0 aromatic heterocycles. The lowest BCUT2D eigenvalue weighted by molar-refractivity contribution is 0.733. The van der Waals surface area contributed by atoms with Crippen molar-refractivity contribution in [3.63, 3.8) is 0 Å². The van der Waals surface area contributed by atoms with E-state index in [2.05, 4.69) is 75.9 Å². The van der Waals surface area contributed by atoms with Crippen molar-refractivity contribution in [3.05, 3.63) is 35.4 Å². The van der Waals surface area contributed by atoms with E-state index in [1.54, 1.807) is 0 Å². The summed E-state index contributed by atoms with van der Waals surface area (Å²) in [5.41, 5.74) is 2.53. The predicted octanol–water partition coefficient (Wildman–Crippen LogP) is 4.59. The first kappa shape index (κ1) is 9.69. The first-order valence-corrected chi connectivity index (χ1v) is 6.51. The van der Waals surface area contributed by atoms with Gasteiger partial charge in [0.15, 0.2) is 0 Å². The first-order valence-electron chi connectivity index (χ1n) is 3.33. The largest absolute Gasteiger partial charge is 0.135 e. The van der Waals surface area contributed by atoms with Gasteiger partial charge in [0.2, 0.25) is 0 Å². The summed E-state index contributed by atoms with van der Waals surface area (Å²) in [6, 6.07) is 8.26. The summed E-state index contributed by atoms with van der Waals surface area (Å²) in [4.78, 5) is 0. The fourth-order valence-corrected chi connectivity index (χ4v) is 3.54. The minimum atomic E-state index is -0.191. The number of benzene rings is 1. The Morgan fingerprint density at radius 1 is 0.750 bits per heavy atom. The second-order valence-electron chi connectivity index (χ2n) is 2.69. The predicted molar refractivity (Wildman–Crippen MR) is 65.5 cm³/mol. The molecule has 0 saturated carbocycles. The van der Waals surface area contributed by atoms with Crippen LogP contribution in [0, 0.1) is 0 Å². The molecular weight excluding hydrogens is 416 g/mol. The van der Waals surface area contributed by atoms with Crippen molar-refractivity contribution in [1.29, 1.82) is 0 Å². The minimum Gasteiger partial charge on any atom is -0.0645 e. The van der Waals surface area contributed by atoms with E-state index in [1.807, 2.05) is 12.1 Å². The van der Waals surface area contributed by atoms with Crippen LogP contribution in [-0.4, -0.2) is 0 Å². The van der Waals surface area contributed by atoms with Crippen molar-refractivity contribution in [3.8, 4) is 0 Å². The Morgan fingerprint density at radius 3 is 1.42 bits per heavy atom. The maximum Gasteiger partial charge on any atom is 0.135 e. The highest BCUT2D eigenvalue weighted by atomic mass is 79.9. The Labute approximate surface area is 105 Å². The van der Waals surface area contributed by atoms with Crippen LogP contribution in [-0.2, 0) is 6.47 Å². The number of hydrogen-bond acceptors (Lipinski definition) is 0. The summed E-state index contributed by atoms with van der Waals surface area (Å²) >= 11 is 14.4. The molecule has 0 radical (unpaired) electrons. The molecule has 0 heterocycles. The van der Waals surface area contributed by atoms with Gasteiger partial charge in [-0.25, -0.2) is 0 Å². The van der Waals surface area contributed by atoms with Crippen molar-refractivity contribution < 1.29 is 0 Å². The van der Waals surface area contributed by atoms with Gasteiger partial charge in [0, 0.05) is 0 Å². The second-order valence-corrected chi connectivity index (χ2v) is 9.58. The number of rotatable bonds is 0. The first-order chi connectivity index (χ1) is 5.48. The molecule has 0 spiro atoms. The Hall–Kier alpha value is 1.14. The summed E-state index contributed by atoms with van der Waals surface area (Å²) in [6.45, 7) is 0. The van der Waals surface area contributed by atoms with Gasteiger partial charge in [-0.1, -0.05) is 88.0 Å². The lowest BCUT2D eigenvalue weighted by Gasteiger charge is -2.46. The summed E-state index contributed by atoms with van der Waals surface area (Å²) in [6.07, 6.45) is 0. The van der Waals surface area contributed by atoms with Crippen LogP contribution >= 0.6 is 63.7 Å². The van der Waals surface area contributed by atoms with Crippen LogP contribution in [0.1, 0.15) is 11.1 Å². The fourth-order valence-electron chi connectivity index (χ4n) is 1.31. The van der Waals surface area contributed by atoms with E-state index in [4.69, 9.17) is 0 Å². The van der Waals surface area contributed by atoms with E-state index in [1.165, 1.54) is 11.1 Å². The van der Waals surface area contributed by atoms with Gasteiger partial charge in [-0.2, -0.15) is 0 Å². The van der Waals surface area contributed by atoms with Crippen LogP contribution in [0.4, 0.5) is 0 Å². The Kier molecular flexibility index (Phi) is 2.27. The number of hydrogen-bond donors (Lipinski definition) is 0. The van der Waals surface area contributed by atoms with Crippen molar-refractivity contribution in [2.45, 2.75) is 6.47 Å². The normalized spacial score (nSPS) is 22.7. The molecule has 0 atom stereocenters. The number of alkyl halides is 4. The van der Waals surface area contributed by atoms with Crippen LogP contribution in [0.2, 0.25) is 0 Å². The van der Waals surface area contributed by atoms with Gasteiger partial charge in [-0.05, 0) is 11.1 Å². The average molecular weight is 420 g/mol. The third-order valence-electron chi connectivity index (χ3n) is 2.00. The van der Waals surface area contributed by atoms with Crippen molar-refractivity contribution in [2.75, 3.05) is 0 Å². The second kappa shape index (κ2) is 2.81. The van der Waals surface area contributed by atoms with E-state index in [9.17, 15) is 0 Å². The van der Waals surface area contributed by atoms with Gasteiger partial charge in [0.1, 0.15) is 6.47 Å². The maximum atomic E-state index is 3.61. The zero-order chi connectivity index (χ0) is 8.98. The summed E-state index contributed by atoms with van der Waals surface area (Å²) < 4.78 is -0.382. The molecular formula is C8H4Br4. The van der Waals surface area contributed by atoms with E-state index < -0.39 is 0 Å². The molecule has 0 unspecified atom stereocenters. The van der Waals surface area contributed by atoms with Crippen LogP contribution in [0.3, 0.4) is 0 Å². The Bertz CT molecular complexity index is 297. The monoisotopic (exact) mass is 416 g/mol. The highest BCUT2D eigenvalue weighted by Crippen LogP contribution is 2.70. The molecule has 0 aliphatic heterocycles. The molecule has 1 aromatic carbocycles. The van der Waals surface area contributed by atoms with Gasteiger partial charge >= 0.3 is 0 Å². The quantitative estimate of drug-likeness (QED) is 0.540. The Balaban J connectivity index is 2.64. The molecule has 0 saturated heterocycles. The standard InChI is InChI=1S/C8H4Br4/c9-7(10)5-3-1-2-4-6(5)8(7,11)12/h1-4H. The molecule has 0 bridgehead atoms. The molecule has 0 nitrogen and oxygen atoms in total. The van der Waals surface area contributed by atoms with Gasteiger partial charge in [-0.15, -0.1) is 0 Å². The summed E-state index contributed by atoms with van der Waals surface area (Å²) in [5, 5.41) is 0. The highest BCUT2D eigenvalue weighted by Gasteiger charge is 2.58. The minimum absolute atomic E-state index is 0.191. The van der Waals surface area contributed by atoms with E-state index in [0.717, 1.165) is 0 Å². The summed E-state index contributed by atoms with van der Waals surface area (Å²) in [7, 11) is 0. The molecule has 1 aromatic rings. The molecule has 0 amide bonds. The highest BCUT2D eigenvalue weighted by molar-refractivity contribution is 9.29. The number of fused-ring (bicyclic) bond motifs is 1. The molecule has 1 aliphatic carbocycles. The third kappa shape index (κ3) is 1.04. The Morgan fingerprint density at radius 2 is 1.08 bits per heavy atom. The molecule has 12 heavy (non-hydrogen) atoms. The maximum absolute atomic E-state index is 3.61. The van der Waals surface area contributed by atoms with Crippen LogP contribution < -0.4 is 0 Å². The molecule has 64 valence electrons. The van der Waals surface area contributed by atoms with Crippen molar-refractivity contribution >= 4 is 63.7 Å². The lowest BCUT2D eigenvalue weighted by atomic mass is 9.88. The van der Waals surface area contributed by atoms with Crippen LogP contribution in [0.5, 0.6) is 0 Å².